The summed E-state index contributed by atoms with van der Waals surface area (Å²) in [6.45, 7) is -0.272. The predicted octanol–water partition coefficient (Wildman–Crippen LogP) is 2.95. The van der Waals surface area contributed by atoms with Gasteiger partial charge in [-0.1, -0.05) is 29.5 Å². The number of aromatic carboxylic acids is 1. The number of nitrogen functional groups attached to an aromatic ring is 1. The fourth-order valence-electron chi connectivity index (χ4n) is 1.85. The van der Waals surface area contributed by atoms with E-state index in [1.54, 1.807) is 30.3 Å². The number of carbonyl (C=O) groups is 2. The molecule has 0 radical (unpaired) electrons. The maximum Gasteiger partial charge on any atom is 0.335 e. The number of H-pyrrole nitrogens is 1. The number of aromatic nitrogens is 2. The smallest absolute Gasteiger partial charge is 0.335 e. The van der Waals surface area contributed by atoms with Gasteiger partial charge in [-0.3, -0.25) is 9.89 Å². The third-order valence-electron chi connectivity index (χ3n) is 3.18. The molecule has 11 nitrogen and oxygen atoms in total. The monoisotopic (exact) mass is 483 g/mol. The van der Waals surface area contributed by atoms with Crippen molar-refractivity contribution >= 4 is 53.2 Å². The standard InChI is InChI=1S/C8H8N2O4.C7H6O2S.C2H3N3S2/c9-8(11)7-4-2-1-3-6(7)5-14-10(12)13;8-7(9)5-1-3-6(10)4-2-5;3-1-4-5-2(6)7-1/h1-4H,5H2,(H2,9,11);1-4,10H,(H,8,9);(H2,3,4)(H,5,6). The Hall–Kier alpha value is -3.49. The lowest BCUT2D eigenvalue weighted by atomic mass is 10.1. The molecule has 0 aliphatic rings. The molecular weight excluding hydrogens is 466 g/mol. The number of amides is 1. The molecule has 6 N–H and O–H groups in total. The van der Waals surface area contributed by atoms with Gasteiger partial charge >= 0.3 is 5.97 Å². The van der Waals surface area contributed by atoms with Crippen LogP contribution in [-0.2, 0) is 11.4 Å². The Morgan fingerprint density at radius 2 is 1.87 bits per heavy atom. The predicted molar refractivity (Wildman–Crippen MR) is 119 cm³/mol. The number of thiol groups is 1. The number of rotatable bonds is 5. The lowest BCUT2D eigenvalue weighted by Gasteiger charge is -2.04. The molecule has 3 rings (SSSR count). The number of nitrogens with one attached hydrogen (secondary N) is 1. The largest absolute Gasteiger partial charge is 0.478 e. The Labute approximate surface area is 190 Å². The number of carboxylic acid groups (broad SMARTS) is 1. The average molecular weight is 484 g/mol. The first-order chi connectivity index (χ1) is 14.6. The molecule has 0 aliphatic heterocycles. The molecule has 2 aromatic carbocycles. The Kier molecular flexibility index (Phi) is 10.7. The highest BCUT2D eigenvalue weighted by Gasteiger charge is 2.08. The lowest BCUT2D eigenvalue weighted by Crippen LogP contribution is -2.14. The van der Waals surface area contributed by atoms with Gasteiger partial charge < -0.3 is 21.4 Å². The molecular formula is C17H17N5O6S3. The SMILES string of the molecule is NC(=O)c1ccccc1CO[N+](=O)[O-].Nc1n[nH]c(=S)s1.O=C(O)c1ccc(S)cc1. The zero-order chi connectivity index (χ0) is 23.4. The number of aromatic amines is 1. The van der Waals surface area contributed by atoms with Crippen LogP contribution in [0, 0.1) is 14.1 Å². The molecule has 164 valence electrons. The number of hydrogen-bond donors (Lipinski definition) is 5. The van der Waals surface area contributed by atoms with Gasteiger partial charge in [0.15, 0.2) is 3.95 Å². The van der Waals surface area contributed by atoms with Gasteiger partial charge in [0.25, 0.3) is 5.09 Å². The van der Waals surface area contributed by atoms with Gasteiger partial charge in [-0.25, -0.2) is 4.79 Å². The summed E-state index contributed by atoms with van der Waals surface area (Å²) in [4.78, 5) is 36.0. The summed E-state index contributed by atoms with van der Waals surface area (Å²) in [5.41, 5.74) is 11.2. The second-order valence-electron chi connectivity index (χ2n) is 5.32. The number of carboxylic acids is 1. The summed E-state index contributed by atoms with van der Waals surface area (Å²) in [5.74, 6) is -1.54. The number of hydrogen-bond acceptors (Lipinski definition) is 10. The van der Waals surface area contributed by atoms with E-state index in [9.17, 15) is 19.7 Å². The summed E-state index contributed by atoms with van der Waals surface area (Å²) in [5, 5.41) is 24.1. The molecule has 3 aromatic rings. The minimum atomic E-state index is -0.919. The molecule has 1 heterocycles. The first kappa shape index (κ1) is 25.5. The topological polar surface area (TPSA) is 187 Å². The molecule has 31 heavy (non-hydrogen) atoms. The molecule has 1 amide bonds. The molecule has 1 aromatic heterocycles. The molecule has 14 heteroatoms. The molecule has 0 aliphatic carbocycles. The Balaban J connectivity index is 0.000000247. The van der Waals surface area contributed by atoms with Crippen LogP contribution >= 0.6 is 36.2 Å². The van der Waals surface area contributed by atoms with E-state index in [4.69, 9.17) is 16.6 Å². The second kappa shape index (κ2) is 12.9. The van der Waals surface area contributed by atoms with E-state index >= 15 is 0 Å². The first-order valence-corrected chi connectivity index (χ1v) is 9.75. The molecule has 0 unspecified atom stereocenters. The number of primary amides is 1. The fourth-order valence-corrected chi connectivity index (χ4v) is 2.68. The average Bonchev–Trinajstić information content (AvgIpc) is 3.10. The summed E-state index contributed by atoms with van der Waals surface area (Å²) in [6, 6.07) is 12.6. The summed E-state index contributed by atoms with van der Waals surface area (Å²) < 4.78 is 0.623. The number of anilines is 1. The molecule has 0 saturated heterocycles. The quantitative estimate of drug-likeness (QED) is 0.157. The van der Waals surface area contributed by atoms with Crippen molar-refractivity contribution < 1.29 is 24.6 Å². The van der Waals surface area contributed by atoms with Crippen LogP contribution in [0.1, 0.15) is 26.3 Å². The van der Waals surface area contributed by atoms with Gasteiger partial charge in [0.1, 0.15) is 6.61 Å². The third-order valence-corrected chi connectivity index (χ3v) is 4.39. The molecule has 0 bridgehead atoms. The van der Waals surface area contributed by atoms with Crippen LogP contribution in [0.4, 0.5) is 5.13 Å². The van der Waals surface area contributed by atoms with Crippen molar-refractivity contribution in [1.82, 2.24) is 10.2 Å². The van der Waals surface area contributed by atoms with Crippen LogP contribution in [0.3, 0.4) is 0 Å². The van der Waals surface area contributed by atoms with Crippen LogP contribution < -0.4 is 11.5 Å². The summed E-state index contributed by atoms with van der Waals surface area (Å²) >= 11 is 9.93. The van der Waals surface area contributed by atoms with Crippen molar-refractivity contribution in [1.29, 1.82) is 0 Å². The zero-order valence-corrected chi connectivity index (χ0v) is 18.2. The van der Waals surface area contributed by atoms with Crippen LogP contribution in [0.5, 0.6) is 0 Å². The van der Waals surface area contributed by atoms with E-state index in [0.29, 0.717) is 14.6 Å². The van der Waals surface area contributed by atoms with E-state index < -0.39 is 17.0 Å². The highest BCUT2D eigenvalue weighted by molar-refractivity contribution is 7.80. The number of carbonyl (C=O) groups excluding carboxylic acids is 1. The van der Waals surface area contributed by atoms with E-state index in [0.717, 1.165) is 4.90 Å². The van der Waals surface area contributed by atoms with Gasteiger partial charge in [0.2, 0.25) is 11.0 Å². The summed E-state index contributed by atoms with van der Waals surface area (Å²) in [6.07, 6.45) is 0. The summed E-state index contributed by atoms with van der Waals surface area (Å²) in [7, 11) is 0. The Morgan fingerprint density at radius 3 is 2.29 bits per heavy atom. The van der Waals surface area contributed by atoms with Crippen molar-refractivity contribution in [2.24, 2.45) is 5.73 Å². The van der Waals surface area contributed by atoms with Crippen molar-refractivity contribution in [2.75, 3.05) is 5.73 Å². The first-order valence-electron chi connectivity index (χ1n) is 8.08. The van der Waals surface area contributed by atoms with Crippen molar-refractivity contribution in [3.05, 3.63) is 79.3 Å². The van der Waals surface area contributed by atoms with Crippen molar-refractivity contribution in [2.45, 2.75) is 11.5 Å². The van der Waals surface area contributed by atoms with Gasteiger partial charge in [0, 0.05) is 10.5 Å². The number of benzene rings is 2. The molecule has 0 spiro atoms. The van der Waals surface area contributed by atoms with Gasteiger partial charge in [0.05, 0.1) is 5.56 Å². The Morgan fingerprint density at radius 1 is 1.26 bits per heavy atom. The van der Waals surface area contributed by atoms with E-state index in [1.807, 2.05) is 0 Å². The fraction of sp³-hybridized carbons (Fsp3) is 0.0588. The Bertz CT molecular complexity index is 1080. The van der Waals surface area contributed by atoms with Crippen LogP contribution in [0.2, 0.25) is 0 Å². The highest BCUT2D eigenvalue weighted by atomic mass is 32.1. The molecule has 0 saturated carbocycles. The normalized spacial score (nSPS) is 9.32. The van der Waals surface area contributed by atoms with Gasteiger partial charge in [-0.05, 0) is 48.1 Å². The van der Waals surface area contributed by atoms with Crippen molar-refractivity contribution in [3.8, 4) is 0 Å². The second-order valence-corrected chi connectivity index (χ2v) is 7.54. The van der Waals surface area contributed by atoms with E-state index in [-0.39, 0.29) is 17.7 Å². The minimum Gasteiger partial charge on any atom is -0.478 e. The maximum atomic E-state index is 10.9. The van der Waals surface area contributed by atoms with E-state index in [1.165, 1.54) is 29.5 Å². The highest BCUT2D eigenvalue weighted by Crippen LogP contribution is 2.09. The minimum absolute atomic E-state index is 0.231. The number of nitrogens with two attached hydrogens (primary N) is 2. The van der Waals surface area contributed by atoms with Crippen molar-refractivity contribution in [3.63, 3.8) is 0 Å². The van der Waals surface area contributed by atoms with Gasteiger partial charge in [-0.2, -0.15) is 0 Å². The van der Waals surface area contributed by atoms with Crippen LogP contribution in [0.25, 0.3) is 0 Å². The van der Waals surface area contributed by atoms with Crippen LogP contribution in [-0.4, -0.2) is 32.3 Å². The lowest BCUT2D eigenvalue weighted by molar-refractivity contribution is -0.763. The molecule has 0 fully saturated rings. The number of nitrogens with zero attached hydrogens (tertiary/aromatic N) is 2. The maximum absolute atomic E-state index is 10.9. The molecule has 0 atom stereocenters. The van der Waals surface area contributed by atoms with E-state index in [2.05, 4.69) is 39.9 Å². The van der Waals surface area contributed by atoms with Crippen LogP contribution in [0.15, 0.2) is 53.4 Å². The third kappa shape index (κ3) is 10.2. The van der Waals surface area contributed by atoms with Gasteiger partial charge in [-0.15, -0.1) is 27.8 Å². The zero-order valence-electron chi connectivity index (χ0n) is 15.6.